The fourth-order valence-electron chi connectivity index (χ4n) is 3.76. The Morgan fingerprint density at radius 2 is 1.77 bits per heavy atom. The molecule has 0 aliphatic rings. The van der Waals surface area contributed by atoms with E-state index in [1.165, 1.54) is 27.7 Å². The van der Waals surface area contributed by atoms with Gasteiger partial charge in [0.2, 0.25) is 0 Å². The van der Waals surface area contributed by atoms with Crippen molar-refractivity contribution in [3.63, 3.8) is 0 Å². The van der Waals surface area contributed by atoms with E-state index in [4.69, 9.17) is 10.3 Å². The molecule has 0 bridgehead atoms. The van der Waals surface area contributed by atoms with Gasteiger partial charge in [0.1, 0.15) is 0 Å². The summed E-state index contributed by atoms with van der Waals surface area (Å²) in [5.74, 6) is 0.319. The van der Waals surface area contributed by atoms with Gasteiger partial charge in [-0.3, -0.25) is 4.99 Å². The lowest BCUT2D eigenvalue weighted by molar-refractivity contribution is 0.560. The summed E-state index contributed by atoms with van der Waals surface area (Å²) in [6.45, 7) is 8.50. The Kier molecular flexibility index (Phi) is 13.0. The molecule has 2 rings (SSSR count). The zero-order chi connectivity index (χ0) is 25.5. The number of benzene rings is 2. The van der Waals surface area contributed by atoms with Crippen molar-refractivity contribution in [2.75, 3.05) is 30.3 Å². The minimum absolute atomic E-state index is 0.319. The number of nitrogens with two attached hydrogens (primary N) is 1. The van der Waals surface area contributed by atoms with Crippen LogP contribution in [0, 0.1) is 6.92 Å². The predicted octanol–water partition coefficient (Wildman–Crippen LogP) is 6.34. The largest absolute Gasteiger partial charge is 0.345 e. The molecule has 0 aliphatic carbocycles. The van der Waals surface area contributed by atoms with Crippen LogP contribution in [0.15, 0.2) is 89.6 Å². The van der Waals surface area contributed by atoms with Crippen molar-refractivity contribution in [1.82, 2.24) is 0 Å². The Morgan fingerprint density at radius 3 is 2.54 bits per heavy atom. The Hall–Kier alpha value is -2.80. The van der Waals surface area contributed by atoms with Crippen molar-refractivity contribution in [2.24, 2.45) is 10.7 Å². The van der Waals surface area contributed by atoms with Gasteiger partial charge in [-0.2, -0.15) is 0 Å². The first-order valence-corrected chi connectivity index (χ1v) is 13.4. The zero-order valence-electron chi connectivity index (χ0n) is 21.2. The van der Waals surface area contributed by atoms with Crippen LogP contribution in [0.5, 0.6) is 0 Å². The van der Waals surface area contributed by atoms with Crippen molar-refractivity contribution in [3.05, 3.63) is 90.2 Å². The smallest absolute Gasteiger partial charge is 0.152 e. The number of anilines is 1. The second-order valence-corrected chi connectivity index (χ2v) is 9.47. The van der Waals surface area contributed by atoms with E-state index < -0.39 is 11.1 Å². The molecule has 0 radical (unpaired) electrons. The van der Waals surface area contributed by atoms with E-state index in [9.17, 15) is 4.21 Å². The molecule has 35 heavy (non-hydrogen) atoms. The fraction of sp³-hybridized carbons (Fsp3) is 0.345. The van der Waals surface area contributed by atoms with Crippen LogP contribution in [-0.4, -0.2) is 39.9 Å². The summed E-state index contributed by atoms with van der Waals surface area (Å²) in [5.41, 5.74) is 10.4. The lowest BCUT2D eigenvalue weighted by Crippen LogP contribution is -2.25. The lowest BCUT2D eigenvalue weighted by Gasteiger charge is -2.28. The molecular weight excluding hydrogens is 454 g/mol. The maximum atomic E-state index is 10.6. The first-order chi connectivity index (χ1) is 16.9. The van der Waals surface area contributed by atoms with Crippen LogP contribution in [0.3, 0.4) is 0 Å². The molecule has 0 spiro atoms. The Morgan fingerprint density at radius 1 is 1.03 bits per heavy atom. The van der Waals surface area contributed by atoms with E-state index in [2.05, 4.69) is 72.3 Å². The lowest BCUT2D eigenvalue weighted by atomic mass is 10.0. The van der Waals surface area contributed by atoms with E-state index in [1.807, 2.05) is 37.3 Å². The molecule has 0 amide bonds. The molecule has 1 atom stereocenters. The molecule has 5 nitrogen and oxygen atoms in total. The summed E-state index contributed by atoms with van der Waals surface area (Å²) in [6, 6.07) is 12.9. The minimum Gasteiger partial charge on any atom is -0.345 e. The maximum absolute atomic E-state index is 10.6. The maximum Gasteiger partial charge on any atom is 0.152 e. The predicted molar refractivity (Wildman–Crippen MR) is 154 cm³/mol. The van der Waals surface area contributed by atoms with Crippen LogP contribution >= 0.6 is 0 Å². The quantitative estimate of drug-likeness (QED) is 0.139. The first kappa shape index (κ1) is 28.4. The first-order valence-electron chi connectivity index (χ1n) is 12.2. The van der Waals surface area contributed by atoms with Crippen molar-refractivity contribution in [2.45, 2.75) is 40.0 Å². The molecule has 0 saturated heterocycles. The fourth-order valence-corrected chi connectivity index (χ4v) is 4.21. The molecule has 3 N–H and O–H groups in total. The molecule has 0 aromatic heterocycles. The van der Waals surface area contributed by atoms with Crippen molar-refractivity contribution in [1.29, 1.82) is 0 Å². The van der Waals surface area contributed by atoms with Gasteiger partial charge in [0.05, 0.1) is 0 Å². The summed E-state index contributed by atoms with van der Waals surface area (Å²) in [4.78, 5) is 6.80. The number of hydrogen-bond donors (Lipinski definition) is 2. The average molecular weight is 494 g/mol. The zero-order valence-corrected chi connectivity index (χ0v) is 22.0. The summed E-state index contributed by atoms with van der Waals surface area (Å²) < 4.78 is 19.4. The highest BCUT2D eigenvalue weighted by atomic mass is 32.2. The van der Waals surface area contributed by atoms with Gasteiger partial charge in [-0.25, -0.2) is 4.21 Å². The minimum atomic E-state index is -1.70. The molecule has 6 heteroatoms. The van der Waals surface area contributed by atoms with Gasteiger partial charge in [0.15, 0.2) is 11.1 Å². The molecular formula is C29H39N3O2S. The average Bonchev–Trinajstić information content (AvgIpc) is 2.84. The van der Waals surface area contributed by atoms with Crippen LogP contribution in [0.4, 0.5) is 5.69 Å². The number of aliphatic imine (C=N–C) groups is 1. The number of allylic oxidation sites excluding steroid dienone is 8. The van der Waals surface area contributed by atoms with Crippen molar-refractivity contribution in [3.8, 4) is 0 Å². The molecule has 1 unspecified atom stereocenters. The van der Waals surface area contributed by atoms with Gasteiger partial charge in [0, 0.05) is 35.9 Å². The highest BCUT2D eigenvalue weighted by Gasteiger charge is 2.12. The normalized spacial score (nSPS) is 14.1. The third-order valence-corrected chi connectivity index (χ3v) is 6.32. The Balaban J connectivity index is 1.99. The van der Waals surface area contributed by atoms with E-state index in [1.54, 1.807) is 0 Å². The van der Waals surface area contributed by atoms with Gasteiger partial charge >= 0.3 is 0 Å². The Bertz CT molecular complexity index is 1120. The van der Waals surface area contributed by atoms with Gasteiger partial charge in [-0.05, 0) is 81.1 Å². The molecule has 0 heterocycles. The number of unbranched alkanes of at least 4 members (excludes halogenated alkanes) is 1. The van der Waals surface area contributed by atoms with Gasteiger partial charge < -0.3 is 15.2 Å². The number of aryl methyl sites for hydroxylation is 1. The number of fused-ring (bicyclic) bond motifs is 1. The molecule has 0 aliphatic heterocycles. The molecule has 2 aromatic rings. The molecule has 188 valence electrons. The SMILES string of the molecule is CC(/C=C/C=C/C=C/C=C(\C)N(CCCN)c1ccc2ccccc2c1C)=NCCCCS(=O)O. The standard InChI is InChI=1S/C29H39N3O2S/c1-24(31-21-11-12-23-35(33)34)14-7-5-4-6-8-15-25(2)32(22-13-20-30)29-19-18-27-16-9-10-17-28(27)26(29)3/h4-10,14-19H,11-13,20-23,30H2,1-3H3,(H,33,34)/b5-4+,8-6+,14-7+,25-15+,31-24?. The van der Waals surface area contributed by atoms with Crippen molar-refractivity contribution < 1.29 is 8.76 Å². The van der Waals surface area contributed by atoms with Gasteiger partial charge in [-0.1, -0.05) is 60.7 Å². The van der Waals surface area contributed by atoms with Gasteiger partial charge in [0.25, 0.3) is 0 Å². The number of rotatable bonds is 14. The summed E-state index contributed by atoms with van der Waals surface area (Å²) in [6.07, 6.45) is 16.6. The number of hydrogen-bond acceptors (Lipinski definition) is 4. The van der Waals surface area contributed by atoms with Crippen LogP contribution in [0.1, 0.15) is 38.7 Å². The van der Waals surface area contributed by atoms with E-state index >= 15 is 0 Å². The monoisotopic (exact) mass is 493 g/mol. The second-order valence-electron chi connectivity index (χ2n) is 8.42. The van der Waals surface area contributed by atoms with Crippen LogP contribution in [0.2, 0.25) is 0 Å². The van der Waals surface area contributed by atoms with Crippen LogP contribution in [0.25, 0.3) is 10.8 Å². The second kappa shape index (κ2) is 16.0. The van der Waals surface area contributed by atoms with E-state index in [0.29, 0.717) is 25.3 Å². The van der Waals surface area contributed by atoms with Crippen molar-refractivity contribution >= 4 is 33.3 Å². The van der Waals surface area contributed by atoms with E-state index in [0.717, 1.165) is 25.1 Å². The highest BCUT2D eigenvalue weighted by Crippen LogP contribution is 2.30. The third-order valence-electron chi connectivity index (χ3n) is 5.68. The summed E-state index contributed by atoms with van der Waals surface area (Å²) >= 11 is -1.70. The number of nitrogens with zero attached hydrogens (tertiary/aromatic N) is 2. The molecule has 0 saturated carbocycles. The topological polar surface area (TPSA) is 78.9 Å². The highest BCUT2D eigenvalue weighted by molar-refractivity contribution is 7.79. The van der Waals surface area contributed by atoms with Crippen LogP contribution in [-0.2, 0) is 11.1 Å². The van der Waals surface area contributed by atoms with E-state index in [-0.39, 0.29) is 0 Å². The third kappa shape index (κ3) is 10.1. The Labute approximate surface area is 213 Å². The molecule has 2 aromatic carbocycles. The summed E-state index contributed by atoms with van der Waals surface area (Å²) in [7, 11) is 0. The van der Waals surface area contributed by atoms with Crippen LogP contribution < -0.4 is 10.6 Å². The molecule has 0 fully saturated rings. The summed E-state index contributed by atoms with van der Waals surface area (Å²) in [5, 5.41) is 2.54. The van der Waals surface area contributed by atoms with Gasteiger partial charge in [-0.15, -0.1) is 0 Å².